The molecule has 3 unspecified atom stereocenters. The Bertz CT molecular complexity index is 1190. The molecule has 1 N–H and O–H groups in total. The van der Waals surface area contributed by atoms with E-state index in [1.165, 1.54) is 40.7 Å². The number of halogens is 2. The van der Waals surface area contributed by atoms with Gasteiger partial charge in [-0.3, -0.25) is 23.9 Å². The van der Waals surface area contributed by atoms with Crippen LogP contribution >= 0.6 is 47.6 Å². The number of pyridine rings is 1. The molecule has 176 valence electrons. The maximum atomic E-state index is 13.1. The summed E-state index contributed by atoms with van der Waals surface area (Å²) >= 11 is 17.5. The van der Waals surface area contributed by atoms with E-state index in [4.69, 9.17) is 27.6 Å². The molecule has 11 nitrogen and oxygen atoms in total. The van der Waals surface area contributed by atoms with Crippen LogP contribution in [0, 0.1) is 12.3 Å². The molecule has 2 amide bonds. The summed E-state index contributed by atoms with van der Waals surface area (Å²) in [5, 5.41) is 16.9. The molecule has 0 spiro atoms. The normalized spacial score (nSPS) is 25.2. The van der Waals surface area contributed by atoms with Crippen molar-refractivity contribution >= 4 is 65.4 Å². The number of thiol groups is 1. The summed E-state index contributed by atoms with van der Waals surface area (Å²) in [6, 6.07) is -0.946. The molecule has 0 saturated carbocycles. The van der Waals surface area contributed by atoms with Crippen molar-refractivity contribution in [2.75, 3.05) is 17.3 Å². The zero-order valence-electron chi connectivity index (χ0n) is 17.1. The van der Waals surface area contributed by atoms with Crippen LogP contribution in [0.5, 0.6) is 0 Å². The molecule has 4 atom stereocenters. The van der Waals surface area contributed by atoms with Crippen LogP contribution in [0.2, 0.25) is 10.0 Å². The lowest BCUT2D eigenvalue weighted by Crippen LogP contribution is -2.76. The number of carbonyl (C=O) groups excluding carboxylic acids is 2. The highest BCUT2D eigenvalue weighted by molar-refractivity contribution is 8.00. The number of carbonyl (C=O) groups is 3. The van der Waals surface area contributed by atoms with Crippen molar-refractivity contribution in [3.05, 3.63) is 44.4 Å². The summed E-state index contributed by atoms with van der Waals surface area (Å²) in [7, 11) is 0. The fraction of sp³-hybridized carbons (Fsp3) is 0.444. The smallest absolute Gasteiger partial charge is 0.313 e. The number of aliphatic carboxylic acids is 1. The number of amides is 2. The molecule has 2 aromatic rings. The van der Waals surface area contributed by atoms with Crippen LogP contribution in [-0.4, -0.2) is 66.4 Å². The van der Waals surface area contributed by atoms with Crippen LogP contribution in [0.25, 0.3) is 0 Å². The van der Waals surface area contributed by atoms with Gasteiger partial charge in [0, 0.05) is 38.5 Å². The summed E-state index contributed by atoms with van der Waals surface area (Å²) < 4.78 is 6.58. The fourth-order valence-electron chi connectivity index (χ4n) is 3.86. The van der Waals surface area contributed by atoms with Crippen molar-refractivity contribution in [1.82, 2.24) is 19.8 Å². The second-order valence-corrected chi connectivity index (χ2v) is 10.1. The minimum atomic E-state index is -1.49. The molecular formula is C18H17Cl2N5O6S2. The Morgan fingerprint density at radius 2 is 1.97 bits per heavy atom. The zero-order chi connectivity index (χ0) is 24.2. The first kappa shape index (κ1) is 23.9. The van der Waals surface area contributed by atoms with Crippen molar-refractivity contribution < 1.29 is 23.9 Å². The minimum absolute atomic E-state index is 0.0460. The number of nitrogens with zero attached hydrogens (tertiary/aromatic N) is 5. The van der Waals surface area contributed by atoms with Crippen LogP contribution in [0.15, 0.2) is 21.6 Å². The Morgan fingerprint density at radius 1 is 1.33 bits per heavy atom. The van der Waals surface area contributed by atoms with Gasteiger partial charge < -0.3 is 14.4 Å². The van der Waals surface area contributed by atoms with E-state index in [2.05, 4.69) is 22.8 Å². The SMILES string of the molecule is CC(=O)N(C1C(=O)N2CC(C(=O)O)(C(S)c3nnc(C)o3)CS[C@H]12)n1cc(Cl)c(=O)c(Cl)c1. The number of aryl methyl sites for hydroxylation is 1. The Kier molecular flexibility index (Phi) is 6.18. The van der Waals surface area contributed by atoms with E-state index in [0.29, 0.717) is 0 Å². The monoisotopic (exact) mass is 533 g/mol. The van der Waals surface area contributed by atoms with Gasteiger partial charge >= 0.3 is 5.97 Å². The molecule has 2 fully saturated rings. The Morgan fingerprint density at radius 3 is 2.48 bits per heavy atom. The Balaban J connectivity index is 1.64. The van der Waals surface area contributed by atoms with Crippen LogP contribution in [0.4, 0.5) is 0 Å². The van der Waals surface area contributed by atoms with E-state index in [-0.39, 0.29) is 34.1 Å². The molecule has 33 heavy (non-hydrogen) atoms. The van der Waals surface area contributed by atoms with Crippen molar-refractivity contribution in [1.29, 1.82) is 0 Å². The van der Waals surface area contributed by atoms with E-state index in [1.54, 1.807) is 6.92 Å². The second-order valence-electron chi connectivity index (χ2n) is 7.66. The van der Waals surface area contributed by atoms with Crippen LogP contribution in [0.3, 0.4) is 0 Å². The number of rotatable bonds is 5. The molecule has 0 radical (unpaired) electrons. The van der Waals surface area contributed by atoms with E-state index in [1.807, 2.05) is 0 Å². The summed E-state index contributed by atoms with van der Waals surface area (Å²) in [6.07, 6.45) is 2.40. The fourth-order valence-corrected chi connectivity index (χ4v) is 6.45. The number of thioether (sulfide) groups is 1. The van der Waals surface area contributed by atoms with Crippen LogP contribution < -0.4 is 10.4 Å². The standard InChI is InChI=1S/C18H17Cl2N5O6S2/c1-7-21-22-14(31-7)13(32)18(17(29)30)5-24-15(28)11(16(24)33-6-18)25(8(2)26)23-3-9(19)12(27)10(20)4-23/h3-4,11,13,16,32H,5-6H2,1-2H3,(H,29,30)/t11?,13?,16-,18?/m1/s1. The van der Waals surface area contributed by atoms with Gasteiger partial charge in [0.05, 0.1) is 5.25 Å². The van der Waals surface area contributed by atoms with Crippen LogP contribution in [-0.2, 0) is 14.4 Å². The minimum Gasteiger partial charge on any atom is -0.481 e. The molecule has 2 aliphatic heterocycles. The zero-order valence-corrected chi connectivity index (χ0v) is 20.4. The van der Waals surface area contributed by atoms with Gasteiger partial charge in [-0.25, -0.2) is 5.01 Å². The lowest BCUT2D eigenvalue weighted by atomic mass is 9.83. The molecule has 2 aliphatic rings. The first-order chi connectivity index (χ1) is 15.5. The van der Waals surface area contributed by atoms with Gasteiger partial charge in [-0.1, -0.05) is 23.2 Å². The molecule has 4 heterocycles. The number of carboxylic acids is 1. The first-order valence-corrected chi connectivity index (χ1v) is 11.8. The second kappa shape index (κ2) is 8.53. The number of aromatic nitrogens is 3. The van der Waals surface area contributed by atoms with E-state index >= 15 is 0 Å². The lowest BCUT2D eigenvalue weighted by molar-refractivity contribution is -0.158. The maximum Gasteiger partial charge on any atom is 0.313 e. The molecule has 0 aromatic carbocycles. The van der Waals surface area contributed by atoms with Gasteiger partial charge in [0.25, 0.3) is 5.91 Å². The Labute approximate surface area is 206 Å². The first-order valence-electron chi connectivity index (χ1n) is 9.49. The number of carboxylic acid groups (broad SMARTS) is 1. The van der Waals surface area contributed by atoms with Gasteiger partial charge in [-0.2, -0.15) is 12.6 Å². The van der Waals surface area contributed by atoms with Crippen LogP contribution in [0.1, 0.15) is 24.0 Å². The maximum absolute atomic E-state index is 13.1. The largest absolute Gasteiger partial charge is 0.481 e. The third-order valence-electron chi connectivity index (χ3n) is 5.56. The van der Waals surface area contributed by atoms with Gasteiger partial charge in [0.2, 0.25) is 23.1 Å². The van der Waals surface area contributed by atoms with E-state index in [9.17, 15) is 24.3 Å². The predicted octanol–water partition coefficient (Wildman–Crippen LogP) is 1.36. The molecule has 4 rings (SSSR count). The van der Waals surface area contributed by atoms with Gasteiger partial charge in [0.1, 0.15) is 20.8 Å². The number of hydrogen-bond acceptors (Lipinski definition) is 9. The Hall–Kier alpha value is -2.22. The third kappa shape index (κ3) is 3.80. The highest BCUT2D eigenvalue weighted by Gasteiger charge is 2.62. The number of fused-ring (bicyclic) bond motifs is 1. The highest BCUT2D eigenvalue weighted by atomic mass is 35.5. The molecule has 2 aromatic heterocycles. The molecule has 15 heteroatoms. The molecular weight excluding hydrogens is 517 g/mol. The number of β-lactam (4-membered cyclic amide) rings is 1. The summed E-state index contributed by atoms with van der Waals surface area (Å²) in [5.41, 5.74) is -2.09. The molecule has 2 saturated heterocycles. The topological polar surface area (TPSA) is 139 Å². The third-order valence-corrected chi connectivity index (χ3v) is 8.35. The lowest BCUT2D eigenvalue weighted by Gasteiger charge is -2.56. The van der Waals surface area contributed by atoms with Crippen molar-refractivity contribution in [2.24, 2.45) is 5.41 Å². The van der Waals surface area contributed by atoms with Crippen molar-refractivity contribution in [3.8, 4) is 0 Å². The van der Waals surface area contributed by atoms with Crippen molar-refractivity contribution in [3.63, 3.8) is 0 Å². The van der Waals surface area contributed by atoms with E-state index < -0.39 is 45.3 Å². The predicted molar refractivity (Wildman–Crippen MR) is 122 cm³/mol. The summed E-state index contributed by atoms with van der Waals surface area (Å²) in [5.74, 6) is -1.75. The summed E-state index contributed by atoms with van der Waals surface area (Å²) in [4.78, 5) is 51.1. The van der Waals surface area contributed by atoms with E-state index in [0.717, 1.165) is 5.01 Å². The van der Waals surface area contributed by atoms with Gasteiger partial charge in [-0.15, -0.1) is 22.0 Å². The quantitative estimate of drug-likeness (QED) is 0.430. The molecule has 0 aliphatic carbocycles. The average molecular weight is 534 g/mol. The average Bonchev–Trinajstić information content (AvgIpc) is 3.19. The van der Waals surface area contributed by atoms with Crippen molar-refractivity contribution in [2.45, 2.75) is 30.5 Å². The summed E-state index contributed by atoms with van der Waals surface area (Å²) in [6.45, 7) is 2.67. The molecule has 0 bridgehead atoms. The number of hydrogen-bond donors (Lipinski definition) is 2. The highest BCUT2D eigenvalue weighted by Crippen LogP contribution is 2.50. The van der Waals surface area contributed by atoms with Gasteiger partial charge in [-0.05, 0) is 0 Å². The van der Waals surface area contributed by atoms with Gasteiger partial charge in [0.15, 0.2) is 6.04 Å².